The molecule has 31 heavy (non-hydrogen) atoms. The van der Waals surface area contributed by atoms with Crippen molar-refractivity contribution in [1.82, 2.24) is 10.6 Å². The van der Waals surface area contributed by atoms with E-state index in [0.717, 1.165) is 30.7 Å². The molecule has 1 atom stereocenters. The Bertz CT molecular complexity index is 908. The maximum absolute atomic E-state index is 13.1. The number of hydrogen-bond acceptors (Lipinski definition) is 3. The summed E-state index contributed by atoms with van der Waals surface area (Å²) in [4.78, 5) is 26.3. The van der Waals surface area contributed by atoms with Gasteiger partial charge in [0.2, 0.25) is 5.91 Å². The molecule has 164 valence electrons. The molecule has 2 aromatic rings. The normalized spacial score (nSPS) is 18.8. The average Bonchev–Trinajstić information content (AvgIpc) is 2.82. The molecule has 0 aliphatic heterocycles. The number of benzene rings is 2. The largest absolute Gasteiger partial charge is 0.355 e. The van der Waals surface area contributed by atoms with Gasteiger partial charge in [-0.15, -0.1) is 11.8 Å². The fourth-order valence-electron chi connectivity index (χ4n) is 4.76. The molecular formula is C26H32N2O2S. The van der Waals surface area contributed by atoms with Gasteiger partial charge in [0.05, 0.1) is 17.4 Å². The molecule has 2 amide bonds. The van der Waals surface area contributed by atoms with Crippen LogP contribution in [0.2, 0.25) is 0 Å². The van der Waals surface area contributed by atoms with Crippen molar-refractivity contribution in [2.24, 2.45) is 5.92 Å². The number of thioether (sulfide) groups is 1. The molecule has 1 fully saturated rings. The topological polar surface area (TPSA) is 58.2 Å². The van der Waals surface area contributed by atoms with Crippen LogP contribution in [0.4, 0.5) is 0 Å². The molecule has 0 spiro atoms. The van der Waals surface area contributed by atoms with Gasteiger partial charge in [0, 0.05) is 11.4 Å². The van der Waals surface area contributed by atoms with Crippen molar-refractivity contribution < 1.29 is 9.59 Å². The molecule has 0 radical (unpaired) electrons. The van der Waals surface area contributed by atoms with Crippen LogP contribution in [0.1, 0.15) is 72.5 Å². The Hall–Kier alpha value is -2.27. The van der Waals surface area contributed by atoms with E-state index in [2.05, 4.69) is 28.8 Å². The summed E-state index contributed by atoms with van der Waals surface area (Å²) in [7, 11) is 0. The lowest BCUT2D eigenvalue weighted by Crippen LogP contribution is -2.32. The summed E-state index contributed by atoms with van der Waals surface area (Å²) >= 11 is 1.44. The predicted molar refractivity (Wildman–Crippen MR) is 126 cm³/mol. The minimum Gasteiger partial charge on any atom is -0.355 e. The molecule has 0 saturated heterocycles. The third-order valence-electron chi connectivity index (χ3n) is 6.48. The van der Waals surface area contributed by atoms with Crippen molar-refractivity contribution >= 4 is 23.6 Å². The van der Waals surface area contributed by atoms with Gasteiger partial charge in [0.1, 0.15) is 0 Å². The molecule has 0 bridgehead atoms. The van der Waals surface area contributed by atoms with Crippen molar-refractivity contribution in [3.63, 3.8) is 0 Å². The molecule has 1 saturated carbocycles. The monoisotopic (exact) mass is 436 g/mol. The maximum Gasteiger partial charge on any atom is 0.252 e. The zero-order valence-electron chi connectivity index (χ0n) is 18.1. The molecule has 0 heterocycles. The fraction of sp³-hybridized carbons (Fsp3) is 0.462. The first-order valence-corrected chi connectivity index (χ1v) is 12.6. The molecule has 1 unspecified atom stereocenters. The minimum atomic E-state index is -0.0626. The van der Waals surface area contributed by atoms with Gasteiger partial charge in [-0.1, -0.05) is 55.7 Å². The Morgan fingerprint density at radius 1 is 0.903 bits per heavy atom. The van der Waals surface area contributed by atoms with E-state index >= 15 is 0 Å². The first kappa shape index (κ1) is 21.9. The average molecular weight is 437 g/mol. The molecule has 2 aliphatic rings. The van der Waals surface area contributed by atoms with E-state index in [9.17, 15) is 9.59 Å². The van der Waals surface area contributed by atoms with Crippen molar-refractivity contribution in [2.45, 2.75) is 62.3 Å². The van der Waals surface area contributed by atoms with Crippen molar-refractivity contribution in [3.05, 3.63) is 65.2 Å². The van der Waals surface area contributed by atoms with Gasteiger partial charge >= 0.3 is 0 Å². The number of rotatable bonds is 7. The van der Waals surface area contributed by atoms with Crippen LogP contribution in [0.25, 0.3) is 0 Å². The zero-order valence-corrected chi connectivity index (χ0v) is 18.9. The molecule has 2 aromatic carbocycles. The predicted octanol–water partition coefficient (Wildman–Crippen LogP) is 5.28. The molecule has 5 heteroatoms. The van der Waals surface area contributed by atoms with Gasteiger partial charge in [0.25, 0.3) is 5.91 Å². The molecule has 4 rings (SSSR count). The Morgan fingerprint density at radius 2 is 1.68 bits per heavy atom. The molecular weight excluding hydrogens is 404 g/mol. The lowest BCUT2D eigenvalue weighted by Gasteiger charge is -2.26. The lowest BCUT2D eigenvalue weighted by molar-refractivity contribution is -0.118. The zero-order chi connectivity index (χ0) is 21.5. The SMILES string of the molecule is O=C(CSc1ccccc1C(=O)NC1CCCc2ccccc21)NCC1CCCCC1. The Labute approximate surface area is 189 Å². The fourth-order valence-corrected chi connectivity index (χ4v) is 5.64. The van der Waals surface area contributed by atoms with Crippen LogP contribution >= 0.6 is 11.8 Å². The summed E-state index contributed by atoms with van der Waals surface area (Å²) in [6.07, 6.45) is 9.45. The van der Waals surface area contributed by atoms with E-state index in [0.29, 0.717) is 17.2 Å². The number of amides is 2. The van der Waals surface area contributed by atoms with E-state index in [4.69, 9.17) is 0 Å². The summed E-state index contributed by atoms with van der Waals surface area (Å²) in [5.74, 6) is 0.946. The Kier molecular flexibility index (Phi) is 7.68. The first-order chi connectivity index (χ1) is 15.2. The number of nitrogens with one attached hydrogen (secondary N) is 2. The Balaban J connectivity index is 1.34. The molecule has 4 nitrogen and oxygen atoms in total. The van der Waals surface area contributed by atoms with E-state index in [1.54, 1.807) is 0 Å². The summed E-state index contributed by atoms with van der Waals surface area (Å²) in [6.45, 7) is 0.780. The van der Waals surface area contributed by atoms with Gasteiger partial charge in [-0.2, -0.15) is 0 Å². The lowest BCUT2D eigenvalue weighted by atomic mass is 9.87. The highest BCUT2D eigenvalue weighted by molar-refractivity contribution is 8.00. The number of aryl methyl sites for hydroxylation is 1. The smallest absolute Gasteiger partial charge is 0.252 e. The van der Waals surface area contributed by atoms with Crippen LogP contribution in [-0.4, -0.2) is 24.1 Å². The standard InChI is InChI=1S/C26H32N2O2S/c29-25(27-17-19-9-2-1-3-10-19)18-31-24-16-7-6-14-22(24)26(30)28-23-15-8-12-20-11-4-5-13-21(20)23/h4-7,11,13-14,16,19,23H,1-3,8-10,12,15,17-18H2,(H,27,29)(H,28,30). The van der Waals surface area contributed by atoms with Gasteiger partial charge < -0.3 is 10.6 Å². The van der Waals surface area contributed by atoms with Gasteiger partial charge in [0.15, 0.2) is 0 Å². The van der Waals surface area contributed by atoms with E-state index in [-0.39, 0.29) is 17.9 Å². The summed E-state index contributed by atoms with van der Waals surface area (Å²) in [5, 5.41) is 6.32. The van der Waals surface area contributed by atoms with Crippen molar-refractivity contribution in [2.75, 3.05) is 12.3 Å². The molecule has 0 aromatic heterocycles. The maximum atomic E-state index is 13.1. The second-order valence-electron chi connectivity index (χ2n) is 8.71. The van der Waals surface area contributed by atoms with Crippen LogP contribution < -0.4 is 10.6 Å². The third kappa shape index (κ3) is 5.91. The summed E-state index contributed by atoms with van der Waals surface area (Å²) in [6, 6.07) is 16.0. The number of carbonyl (C=O) groups is 2. The highest BCUT2D eigenvalue weighted by Gasteiger charge is 2.23. The first-order valence-electron chi connectivity index (χ1n) is 11.6. The second-order valence-corrected chi connectivity index (χ2v) is 9.73. The minimum absolute atomic E-state index is 0.0481. The number of carbonyl (C=O) groups excluding carboxylic acids is 2. The van der Waals surface area contributed by atoms with Crippen LogP contribution in [-0.2, 0) is 11.2 Å². The van der Waals surface area contributed by atoms with E-state index in [1.165, 1.54) is 55.0 Å². The Morgan fingerprint density at radius 3 is 2.55 bits per heavy atom. The van der Waals surface area contributed by atoms with Crippen LogP contribution in [0.5, 0.6) is 0 Å². The second kappa shape index (κ2) is 10.9. The van der Waals surface area contributed by atoms with E-state index < -0.39 is 0 Å². The molecule has 2 aliphatic carbocycles. The van der Waals surface area contributed by atoms with Crippen LogP contribution in [0, 0.1) is 5.92 Å². The van der Waals surface area contributed by atoms with Crippen molar-refractivity contribution in [1.29, 1.82) is 0 Å². The van der Waals surface area contributed by atoms with Crippen molar-refractivity contribution in [3.8, 4) is 0 Å². The van der Waals surface area contributed by atoms with Gasteiger partial charge in [-0.3, -0.25) is 9.59 Å². The highest BCUT2D eigenvalue weighted by atomic mass is 32.2. The van der Waals surface area contributed by atoms with Crippen LogP contribution in [0.15, 0.2) is 53.4 Å². The quantitative estimate of drug-likeness (QED) is 0.581. The van der Waals surface area contributed by atoms with Crippen LogP contribution in [0.3, 0.4) is 0 Å². The molecule has 2 N–H and O–H groups in total. The van der Waals surface area contributed by atoms with Gasteiger partial charge in [-0.25, -0.2) is 0 Å². The third-order valence-corrected chi connectivity index (χ3v) is 7.55. The number of hydrogen-bond donors (Lipinski definition) is 2. The summed E-state index contributed by atoms with van der Waals surface area (Å²) < 4.78 is 0. The van der Waals surface area contributed by atoms with Gasteiger partial charge in [-0.05, 0) is 61.3 Å². The van der Waals surface area contributed by atoms with E-state index in [1.807, 2.05) is 30.3 Å². The summed E-state index contributed by atoms with van der Waals surface area (Å²) in [5.41, 5.74) is 3.21. The number of fused-ring (bicyclic) bond motifs is 1. The highest BCUT2D eigenvalue weighted by Crippen LogP contribution is 2.30.